The lowest BCUT2D eigenvalue weighted by Crippen LogP contribution is -2.19. The number of rotatable bonds is 2. The van der Waals surface area contributed by atoms with E-state index in [-0.39, 0.29) is 12.7 Å². The highest BCUT2D eigenvalue weighted by molar-refractivity contribution is 5.18. The van der Waals surface area contributed by atoms with E-state index >= 15 is 0 Å². The molecule has 0 amide bonds. The first-order valence-electron chi connectivity index (χ1n) is 4.27. The Labute approximate surface area is 73.5 Å². The number of ether oxygens (including phenoxy) is 1. The molecule has 1 fully saturated rings. The molecule has 0 aromatic heterocycles. The van der Waals surface area contributed by atoms with Crippen LogP contribution in [0.4, 0.5) is 0 Å². The molecule has 1 atom stereocenters. The van der Waals surface area contributed by atoms with E-state index in [0.29, 0.717) is 0 Å². The Balaban J connectivity index is 2.55. The van der Waals surface area contributed by atoms with Crippen molar-refractivity contribution in [2.24, 2.45) is 0 Å². The van der Waals surface area contributed by atoms with Gasteiger partial charge in [-0.3, -0.25) is 0 Å². The molecule has 0 heterocycles. The summed E-state index contributed by atoms with van der Waals surface area (Å²) in [6, 6.07) is 0. The van der Waals surface area contributed by atoms with Crippen LogP contribution in [0, 0.1) is 0 Å². The summed E-state index contributed by atoms with van der Waals surface area (Å²) in [4.78, 5) is 0. The van der Waals surface area contributed by atoms with Crippen molar-refractivity contribution in [3.63, 3.8) is 0 Å². The van der Waals surface area contributed by atoms with E-state index in [2.05, 4.69) is 6.58 Å². The quantitative estimate of drug-likeness (QED) is 0.635. The van der Waals surface area contributed by atoms with Crippen molar-refractivity contribution in [3.05, 3.63) is 23.8 Å². The number of methoxy groups -OCH3 is 1. The molecule has 0 aromatic carbocycles. The average Bonchev–Trinajstić information content (AvgIpc) is 2.09. The van der Waals surface area contributed by atoms with Crippen LogP contribution in [0.1, 0.15) is 19.3 Å². The van der Waals surface area contributed by atoms with Crippen LogP contribution >= 0.6 is 0 Å². The molecule has 0 spiro atoms. The monoisotopic (exact) mass is 168 g/mol. The van der Waals surface area contributed by atoms with Crippen LogP contribution in [0.25, 0.3) is 0 Å². The van der Waals surface area contributed by atoms with Crippen molar-refractivity contribution in [2.75, 3.05) is 13.7 Å². The van der Waals surface area contributed by atoms with E-state index < -0.39 is 0 Å². The van der Waals surface area contributed by atoms with Crippen molar-refractivity contribution >= 4 is 0 Å². The summed E-state index contributed by atoms with van der Waals surface area (Å²) in [6.07, 6.45) is 4.95. The normalized spacial score (nSPS) is 28.0. The Kier molecular flexibility index (Phi) is 3.50. The van der Waals surface area contributed by atoms with Gasteiger partial charge in [0.05, 0.1) is 12.7 Å². The molecule has 0 radical (unpaired) electrons. The number of hydrogen-bond acceptors (Lipinski definition) is 2. The summed E-state index contributed by atoms with van der Waals surface area (Å²) in [5.74, 6) is 0. The Bertz CT molecular complexity index is 194. The van der Waals surface area contributed by atoms with E-state index in [0.717, 1.165) is 19.3 Å². The highest BCUT2D eigenvalue weighted by Crippen LogP contribution is 2.28. The Hall–Kier alpha value is -0.600. The topological polar surface area (TPSA) is 29.5 Å². The summed E-state index contributed by atoms with van der Waals surface area (Å²) < 4.78 is 5.26. The molecule has 1 N–H and O–H groups in total. The third kappa shape index (κ3) is 2.19. The van der Waals surface area contributed by atoms with Crippen LogP contribution in [0.3, 0.4) is 0 Å². The van der Waals surface area contributed by atoms with Crippen molar-refractivity contribution in [3.8, 4) is 0 Å². The first kappa shape index (κ1) is 9.49. The third-order valence-corrected chi connectivity index (χ3v) is 2.33. The molecular formula is C10H16O2. The molecule has 1 rings (SSSR count). The predicted octanol–water partition coefficient (Wildman–Crippen LogP) is 1.66. The minimum absolute atomic E-state index is 0.137. The molecule has 0 bridgehead atoms. The van der Waals surface area contributed by atoms with E-state index in [1.165, 1.54) is 11.1 Å². The smallest absolute Gasteiger partial charge is 0.0815 e. The number of aliphatic hydroxyl groups is 1. The SMILES string of the molecule is C=C1CC/C(=C/CO)C[C@H]1OC. The molecule has 2 heteroatoms. The maximum absolute atomic E-state index is 8.70. The molecule has 1 saturated carbocycles. The van der Waals surface area contributed by atoms with Gasteiger partial charge in [0.25, 0.3) is 0 Å². The maximum atomic E-state index is 8.70. The molecule has 0 saturated heterocycles. The summed E-state index contributed by atoms with van der Waals surface area (Å²) in [6.45, 7) is 4.08. The van der Waals surface area contributed by atoms with Gasteiger partial charge in [0, 0.05) is 7.11 Å². The van der Waals surface area contributed by atoms with Crippen molar-refractivity contribution in [2.45, 2.75) is 25.4 Å². The van der Waals surface area contributed by atoms with Gasteiger partial charge in [-0.05, 0) is 24.8 Å². The van der Waals surface area contributed by atoms with Crippen LogP contribution in [-0.4, -0.2) is 24.9 Å². The standard InChI is InChI=1S/C10H16O2/c1-8-3-4-9(5-6-11)7-10(8)12-2/h5,10-11H,1,3-4,6-7H2,2H3/b9-5-/t10-/m1/s1. The highest BCUT2D eigenvalue weighted by atomic mass is 16.5. The van der Waals surface area contributed by atoms with E-state index in [1.54, 1.807) is 7.11 Å². The van der Waals surface area contributed by atoms with Gasteiger partial charge >= 0.3 is 0 Å². The van der Waals surface area contributed by atoms with Gasteiger partial charge in [-0.15, -0.1) is 0 Å². The molecular weight excluding hydrogens is 152 g/mol. The number of hydrogen-bond donors (Lipinski definition) is 1. The molecule has 68 valence electrons. The second-order valence-electron chi connectivity index (χ2n) is 3.13. The zero-order chi connectivity index (χ0) is 8.97. The van der Waals surface area contributed by atoms with E-state index in [9.17, 15) is 0 Å². The molecule has 0 aromatic rings. The van der Waals surface area contributed by atoms with Crippen LogP contribution in [0.15, 0.2) is 23.8 Å². The van der Waals surface area contributed by atoms with E-state index in [4.69, 9.17) is 9.84 Å². The lowest BCUT2D eigenvalue weighted by molar-refractivity contribution is 0.122. The fourth-order valence-corrected chi connectivity index (χ4v) is 1.53. The molecule has 1 aliphatic carbocycles. The van der Waals surface area contributed by atoms with Crippen LogP contribution in [0.2, 0.25) is 0 Å². The summed E-state index contributed by atoms with van der Waals surface area (Å²) >= 11 is 0. The Morgan fingerprint density at radius 1 is 1.67 bits per heavy atom. The van der Waals surface area contributed by atoms with Crippen LogP contribution < -0.4 is 0 Å². The summed E-state index contributed by atoms with van der Waals surface area (Å²) in [5.41, 5.74) is 2.46. The Morgan fingerprint density at radius 2 is 2.42 bits per heavy atom. The van der Waals surface area contributed by atoms with Crippen molar-refractivity contribution in [1.82, 2.24) is 0 Å². The van der Waals surface area contributed by atoms with Crippen LogP contribution in [0.5, 0.6) is 0 Å². The van der Waals surface area contributed by atoms with Gasteiger partial charge in [-0.2, -0.15) is 0 Å². The van der Waals surface area contributed by atoms with Gasteiger partial charge in [0.1, 0.15) is 0 Å². The fraction of sp³-hybridized carbons (Fsp3) is 0.600. The van der Waals surface area contributed by atoms with Crippen LogP contribution in [-0.2, 0) is 4.74 Å². The second kappa shape index (κ2) is 4.43. The zero-order valence-corrected chi connectivity index (χ0v) is 7.55. The second-order valence-corrected chi connectivity index (χ2v) is 3.13. The van der Waals surface area contributed by atoms with Gasteiger partial charge in [-0.1, -0.05) is 18.2 Å². The van der Waals surface area contributed by atoms with Gasteiger partial charge < -0.3 is 9.84 Å². The maximum Gasteiger partial charge on any atom is 0.0815 e. The largest absolute Gasteiger partial charge is 0.392 e. The van der Waals surface area contributed by atoms with Gasteiger partial charge in [0.2, 0.25) is 0 Å². The average molecular weight is 168 g/mol. The lowest BCUT2D eigenvalue weighted by Gasteiger charge is -2.25. The minimum Gasteiger partial charge on any atom is -0.392 e. The lowest BCUT2D eigenvalue weighted by atomic mass is 9.89. The third-order valence-electron chi connectivity index (χ3n) is 2.33. The number of aliphatic hydroxyl groups excluding tert-OH is 1. The van der Waals surface area contributed by atoms with Crippen molar-refractivity contribution in [1.29, 1.82) is 0 Å². The first-order valence-corrected chi connectivity index (χ1v) is 4.27. The fourth-order valence-electron chi connectivity index (χ4n) is 1.53. The Morgan fingerprint density at radius 3 is 3.00 bits per heavy atom. The minimum atomic E-state index is 0.137. The van der Waals surface area contributed by atoms with Gasteiger partial charge in [-0.25, -0.2) is 0 Å². The summed E-state index contributed by atoms with van der Waals surface area (Å²) in [5, 5.41) is 8.70. The zero-order valence-electron chi connectivity index (χ0n) is 7.55. The molecule has 12 heavy (non-hydrogen) atoms. The van der Waals surface area contributed by atoms with Crippen molar-refractivity contribution < 1.29 is 9.84 Å². The van der Waals surface area contributed by atoms with Gasteiger partial charge in [0.15, 0.2) is 0 Å². The molecule has 2 nitrogen and oxygen atoms in total. The summed E-state index contributed by atoms with van der Waals surface area (Å²) in [7, 11) is 1.71. The molecule has 1 aliphatic rings. The van der Waals surface area contributed by atoms with E-state index in [1.807, 2.05) is 6.08 Å². The molecule has 0 unspecified atom stereocenters. The molecule has 0 aliphatic heterocycles. The first-order chi connectivity index (χ1) is 5.77. The highest BCUT2D eigenvalue weighted by Gasteiger charge is 2.19. The predicted molar refractivity (Wildman–Crippen MR) is 49.0 cm³/mol.